The lowest BCUT2D eigenvalue weighted by Crippen LogP contribution is -2.22. The molecule has 0 aromatic carbocycles. The summed E-state index contributed by atoms with van der Waals surface area (Å²) in [5, 5.41) is 9.04. The minimum absolute atomic E-state index is 0.274. The maximum absolute atomic E-state index is 9.04. The van der Waals surface area contributed by atoms with Crippen LogP contribution in [0.4, 0.5) is 5.82 Å². The zero-order valence-electron chi connectivity index (χ0n) is 8.35. The minimum atomic E-state index is 0.274. The van der Waals surface area contributed by atoms with Crippen molar-refractivity contribution in [1.29, 1.82) is 0 Å². The number of aromatic nitrogens is 2. The summed E-state index contributed by atoms with van der Waals surface area (Å²) in [5.41, 5.74) is 0.964. The predicted octanol–water partition coefficient (Wildman–Crippen LogP) is 0.604. The van der Waals surface area contributed by atoms with Gasteiger partial charge in [-0.1, -0.05) is 0 Å². The van der Waals surface area contributed by atoms with Crippen molar-refractivity contribution in [2.24, 2.45) is 5.92 Å². The minimum Gasteiger partial charge on any atom is -0.396 e. The normalized spacial score (nSPS) is 21.6. The summed E-state index contributed by atoms with van der Waals surface area (Å²) < 4.78 is 0. The molecule has 2 rings (SSSR count). The molecule has 4 nitrogen and oxygen atoms in total. The van der Waals surface area contributed by atoms with Crippen molar-refractivity contribution < 1.29 is 5.11 Å². The van der Waals surface area contributed by atoms with Crippen molar-refractivity contribution in [1.82, 2.24) is 9.97 Å². The molecule has 76 valence electrons. The number of aliphatic hydroxyl groups is 1. The second-order valence-electron chi connectivity index (χ2n) is 3.75. The smallest absolute Gasteiger partial charge is 0.150 e. The van der Waals surface area contributed by atoms with E-state index >= 15 is 0 Å². The predicted molar refractivity (Wildman–Crippen MR) is 54.2 cm³/mol. The van der Waals surface area contributed by atoms with Gasteiger partial charge < -0.3 is 10.0 Å². The molecule has 1 aliphatic rings. The molecule has 0 spiro atoms. The molecule has 0 unspecified atom stereocenters. The van der Waals surface area contributed by atoms with Crippen LogP contribution in [0, 0.1) is 12.8 Å². The van der Waals surface area contributed by atoms with Crippen LogP contribution in [-0.4, -0.2) is 34.8 Å². The van der Waals surface area contributed by atoms with Gasteiger partial charge in [-0.15, -0.1) is 0 Å². The van der Waals surface area contributed by atoms with E-state index in [-0.39, 0.29) is 6.61 Å². The molecule has 0 radical (unpaired) electrons. The number of rotatable bonds is 2. The highest BCUT2D eigenvalue weighted by atomic mass is 16.3. The van der Waals surface area contributed by atoms with Gasteiger partial charge in [0.25, 0.3) is 0 Å². The van der Waals surface area contributed by atoms with E-state index in [2.05, 4.69) is 14.9 Å². The highest BCUT2D eigenvalue weighted by molar-refractivity contribution is 5.43. The van der Waals surface area contributed by atoms with Gasteiger partial charge in [-0.2, -0.15) is 0 Å². The van der Waals surface area contributed by atoms with E-state index < -0.39 is 0 Å². The first-order valence-electron chi connectivity index (χ1n) is 4.94. The van der Waals surface area contributed by atoms with Crippen molar-refractivity contribution in [2.45, 2.75) is 13.3 Å². The Morgan fingerprint density at radius 1 is 1.50 bits per heavy atom. The number of hydrogen-bond donors (Lipinski definition) is 1. The molecule has 0 saturated carbocycles. The van der Waals surface area contributed by atoms with Gasteiger partial charge in [-0.05, 0) is 13.3 Å². The van der Waals surface area contributed by atoms with Crippen molar-refractivity contribution in [3.63, 3.8) is 0 Å². The fourth-order valence-electron chi connectivity index (χ4n) is 1.88. The average molecular weight is 193 g/mol. The van der Waals surface area contributed by atoms with Gasteiger partial charge in [0, 0.05) is 38.0 Å². The largest absolute Gasteiger partial charge is 0.396 e. The summed E-state index contributed by atoms with van der Waals surface area (Å²) in [4.78, 5) is 10.7. The molecule has 1 saturated heterocycles. The Morgan fingerprint density at radius 3 is 2.93 bits per heavy atom. The van der Waals surface area contributed by atoms with E-state index in [4.69, 9.17) is 5.11 Å². The Labute approximate surface area is 83.6 Å². The summed E-state index contributed by atoms with van der Waals surface area (Å²) in [5.74, 6) is 1.36. The molecule has 0 bridgehead atoms. The third-order valence-corrected chi connectivity index (χ3v) is 2.70. The molecule has 2 heterocycles. The molecule has 4 heteroatoms. The second kappa shape index (κ2) is 3.92. The van der Waals surface area contributed by atoms with Gasteiger partial charge in [-0.3, -0.25) is 4.98 Å². The molecule has 1 aliphatic heterocycles. The van der Waals surface area contributed by atoms with Crippen LogP contribution in [-0.2, 0) is 0 Å². The van der Waals surface area contributed by atoms with Gasteiger partial charge in [0.05, 0.1) is 5.69 Å². The van der Waals surface area contributed by atoms with Crippen LogP contribution in [0.5, 0.6) is 0 Å². The standard InChI is InChI=1S/C10H15N3O/c1-8-10(12-4-3-11-8)13-5-2-9(6-13)7-14/h3-4,9,14H,2,5-7H2,1H3/t9-/m0/s1. The van der Waals surface area contributed by atoms with Gasteiger partial charge in [0.1, 0.15) is 5.82 Å². The maximum atomic E-state index is 9.04. The topological polar surface area (TPSA) is 49.2 Å². The van der Waals surface area contributed by atoms with Crippen LogP contribution in [0.1, 0.15) is 12.1 Å². The van der Waals surface area contributed by atoms with Crippen molar-refractivity contribution in [3.05, 3.63) is 18.1 Å². The van der Waals surface area contributed by atoms with E-state index in [1.165, 1.54) is 0 Å². The Hall–Kier alpha value is -1.16. The number of anilines is 1. The van der Waals surface area contributed by atoms with Crippen molar-refractivity contribution in [3.8, 4) is 0 Å². The fraction of sp³-hybridized carbons (Fsp3) is 0.600. The highest BCUT2D eigenvalue weighted by Gasteiger charge is 2.23. The van der Waals surface area contributed by atoms with E-state index in [1.807, 2.05) is 6.92 Å². The summed E-state index contributed by atoms with van der Waals surface area (Å²) in [6, 6.07) is 0. The van der Waals surface area contributed by atoms with Gasteiger partial charge >= 0.3 is 0 Å². The third kappa shape index (κ3) is 1.70. The number of aliphatic hydroxyl groups excluding tert-OH is 1. The molecular formula is C10H15N3O. The molecular weight excluding hydrogens is 178 g/mol. The van der Waals surface area contributed by atoms with Gasteiger partial charge in [0.15, 0.2) is 0 Å². The molecule has 1 atom stereocenters. The van der Waals surface area contributed by atoms with E-state index in [1.54, 1.807) is 12.4 Å². The molecule has 0 amide bonds. The molecule has 1 fully saturated rings. The van der Waals surface area contributed by atoms with Crippen LogP contribution in [0.25, 0.3) is 0 Å². The van der Waals surface area contributed by atoms with Crippen LogP contribution < -0.4 is 4.90 Å². The number of aryl methyl sites for hydroxylation is 1. The SMILES string of the molecule is Cc1nccnc1N1CC[C@H](CO)C1. The Balaban J connectivity index is 2.13. The first kappa shape index (κ1) is 9.40. The van der Waals surface area contributed by atoms with Crippen LogP contribution >= 0.6 is 0 Å². The Morgan fingerprint density at radius 2 is 2.29 bits per heavy atom. The van der Waals surface area contributed by atoms with Crippen molar-refractivity contribution in [2.75, 3.05) is 24.6 Å². The zero-order valence-corrected chi connectivity index (χ0v) is 8.35. The number of nitrogens with zero attached hydrogens (tertiary/aromatic N) is 3. The Kier molecular flexibility index (Phi) is 2.63. The highest BCUT2D eigenvalue weighted by Crippen LogP contribution is 2.22. The van der Waals surface area contributed by atoms with E-state index in [0.29, 0.717) is 5.92 Å². The lowest BCUT2D eigenvalue weighted by molar-refractivity contribution is 0.238. The van der Waals surface area contributed by atoms with E-state index in [0.717, 1.165) is 31.0 Å². The number of hydrogen-bond acceptors (Lipinski definition) is 4. The third-order valence-electron chi connectivity index (χ3n) is 2.70. The quantitative estimate of drug-likeness (QED) is 0.747. The first-order chi connectivity index (χ1) is 6.81. The second-order valence-corrected chi connectivity index (χ2v) is 3.75. The summed E-state index contributed by atoms with van der Waals surface area (Å²) >= 11 is 0. The molecule has 1 aromatic heterocycles. The molecule has 14 heavy (non-hydrogen) atoms. The first-order valence-corrected chi connectivity index (χ1v) is 4.94. The van der Waals surface area contributed by atoms with Crippen LogP contribution in [0.3, 0.4) is 0 Å². The van der Waals surface area contributed by atoms with Crippen LogP contribution in [0.15, 0.2) is 12.4 Å². The summed E-state index contributed by atoms with van der Waals surface area (Å²) in [6.45, 7) is 4.12. The van der Waals surface area contributed by atoms with Crippen molar-refractivity contribution >= 4 is 5.82 Å². The van der Waals surface area contributed by atoms with Crippen LogP contribution in [0.2, 0.25) is 0 Å². The van der Waals surface area contributed by atoms with Gasteiger partial charge in [0.2, 0.25) is 0 Å². The van der Waals surface area contributed by atoms with E-state index in [9.17, 15) is 0 Å². The zero-order chi connectivity index (χ0) is 9.97. The average Bonchev–Trinajstić information content (AvgIpc) is 2.67. The summed E-state index contributed by atoms with van der Waals surface area (Å²) in [7, 11) is 0. The maximum Gasteiger partial charge on any atom is 0.150 e. The lowest BCUT2D eigenvalue weighted by atomic mass is 10.1. The molecule has 1 aromatic rings. The molecule has 1 N–H and O–H groups in total. The monoisotopic (exact) mass is 193 g/mol. The molecule has 0 aliphatic carbocycles. The summed E-state index contributed by atoms with van der Waals surface area (Å²) in [6.07, 6.45) is 4.47. The Bertz CT molecular complexity index is 316. The fourth-order valence-corrected chi connectivity index (χ4v) is 1.88. The lowest BCUT2D eigenvalue weighted by Gasteiger charge is -2.18. The van der Waals surface area contributed by atoms with Gasteiger partial charge in [-0.25, -0.2) is 4.98 Å².